The van der Waals surface area contributed by atoms with Gasteiger partial charge in [-0.2, -0.15) is 4.98 Å². The molecule has 0 atom stereocenters. The van der Waals surface area contributed by atoms with Gasteiger partial charge >= 0.3 is 0 Å². The zero-order chi connectivity index (χ0) is 12.4. The molecular formula is C14H12N2O2. The Morgan fingerprint density at radius 3 is 2.78 bits per heavy atom. The molecule has 2 aromatic carbocycles. The molecule has 0 aliphatic rings. The average Bonchev–Trinajstić information content (AvgIpc) is 2.79. The molecule has 2 N–H and O–H groups in total. The number of imidazole rings is 1. The third kappa shape index (κ3) is 2.13. The monoisotopic (exact) mass is 240 g/mol. The molecule has 0 bridgehead atoms. The first-order valence-corrected chi connectivity index (χ1v) is 5.67. The number of H-pyrrole nitrogens is 1. The predicted octanol–water partition coefficient (Wildman–Crippen LogP) is 2.85. The maximum Gasteiger partial charge on any atom is 0.294 e. The first kappa shape index (κ1) is 10.7. The fourth-order valence-corrected chi connectivity index (χ4v) is 1.77. The average molecular weight is 240 g/mol. The number of rotatable bonds is 3. The third-order valence-corrected chi connectivity index (χ3v) is 2.66. The van der Waals surface area contributed by atoms with E-state index in [1.54, 1.807) is 18.2 Å². The lowest BCUT2D eigenvalue weighted by molar-refractivity contribution is 0.285. The number of fused-ring (bicyclic) bond motifs is 1. The summed E-state index contributed by atoms with van der Waals surface area (Å²) in [5.74, 6) is 0.209. The summed E-state index contributed by atoms with van der Waals surface area (Å²) in [5.41, 5.74) is 2.62. The van der Waals surface area contributed by atoms with Gasteiger partial charge in [0.25, 0.3) is 6.01 Å². The predicted molar refractivity (Wildman–Crippen MR) is 68.5 cm³/mol. The van der Waals surface area contributed by atoms with Gasteiger partial charge in [-0.3, -0.25) is 0 Å². The van der Waals surface area contributed by atoms with Gasteiger partial charge in [0.1, 0.15) is 12.4 Å². The number of ether oxygens (including phenoxy) is 1. The Balaban J connectivity index is 1.79. The van der Waals surface area contributed by atoms with Crippen molar-refractivity contribution in [3.63, 3.8) is 0 Å². The van der Waals surface area contributed by atoms with Gasteiger partial charge in [0.05, 0.1) is 11.0 Å². The molecular weight excluding hydrogens is 228 g/mol. The summed E-state index contributed by atoms with van der Waals surface area (Å²) in [7, 11) is 0. The van der Waals surface area contributed by atoms with Crippen LogP contribution in [0.2, 0.25) is 0 Å². The fourth-order valence-electron chi connectivity index (χ4n) is 1.77. The van der Waals surface area contributed by atoms with Crippen molar-refractivity contribution in [3.05, 3.63) is 54.1 Å². The largest absolute Gasteiger partial charge is 0.508 e. The SMILES string of the molecule is Oc1ccc2nc(OCc3ccccc3)[nH]c2c1. The van der Waals surface area contributed by atoms with Crippen LogP contribution in [0.15, 0.2) is 48.5 Å². The summed E-state index contributed by atoms with van der Waals surface area (Å²) in [6, 6.07) is 15.3. The van der Waals surface area contributed by atoms with Gasteiger partial charge in [-0.15, -0.1) is 0 Å². The quantitative estimate of drug-likeness (QED) is 0.740. The number of hydrogen-bond acceptors (Lipinski definition) is 3. The number of nitrogens with zero attached hydrogens (tertiary/aromatic N) is 1. The molecule has 0 saturated heterocycles. The molecule has 0 saturated carbocycles. The van der Waals surface area contributed by atoms with E-state index in [-0.39, 0.29) is 5.75 Å². The number of benzene rings is 2. The normalized spacial score (nSPS) is 10.7. The van der Waals surface area contributed by atoms with Crippen LogP contribution in [0.3, 0.4) is 0 Å². The number of phenols is 1. The Morgan fingerprint density at radius 2 is 1.94 bits per heavy atom. The number of nitrogens with one attached hydrogen (secondary N) is 1. The van der Waals surface area contributed by atoms with E-state index < -0.39 is 0 Å². The van der Waals surface area contributed by atoms with Crippen molar-refractivity contribution in [1.29, 1.82) is 0 Å². The Hall–Kier alpha value is -2.49. The van der Waals surface area contributed by atoms with Crippen LogP contribution in [0.5, 0.6) is 11.8 Å². The number of aromatic amines is 1. The third-order valence-electron chi connectivity index (χ3n) is 2.66. The summed E-state index contributed by atoms with van der Waals surface area (Å²) < 4.78 is 5.57. The highest BCUT2D eigenvalue weighted by atomic mass is 16.5. The summed E-state index contributed by atoms with van der Waals surface area (Å²) >= 11 is 0. The second-order valence-corrected chi connectivity index (χ2v) is 4.02. The van der Waals surface area contributed by atoms with E-state index in [2.05, 4.69) is 9.97 Å². The molecule has 0 fully saturated rings. The summed E-state index contributed by atoms with van der Waals surface area (Å²) in [4.78, 5) is 7.29. The van der Waals surface area contributed by atoms with Gasteiger partial charge < -0.3 is 14.8 Å². The Labute approximate surface area is 104 Å². The van der Waals surface area contributed by atoms with Crippen LogP contribution in [0.25, 0.3) is 11.0 Å². The zero-order valence-corrected chi connectivity index (χ0v) is 9.63. The molecule has 3 rings (SSSR count). The van der Waals surface area contributed by atoms with E-state index in [0.29, 0.717) is 12.6 Å². The zero-order valence-electron chi connectivity index (χ0n) is 9.63. The first-order valence-electron chi connectivity index (χ1n) is 5.67. The van der Waals surface area contributed by atoms with Crippen molar-refractivity contribution >= 4 is 11.0 Å². The van der Waals surface area contributed by atoms with Crippen molar-refractivity contribution in [2.24, 2.45) is 0 Å². The van der Waals surface area contributed by atoms with Crippen molar-refractivity contribution in [2.75, 3.05) is 0 Å². The molecule has 0 aliphatic carbocycles. The second-order valence-electron chi connectivity index (χ2n) is 4.02. The number of aromatic nitrogens is 2. The number of hydrogen-bond donors (Lipinski definition) is 2. The summed E-state index contributed by atoms with van der Waals surface area (Å²) in [5, 5.41) is 9.36. The first-order chi connectivity index (χ1) is 8.81. The minimum absolute atomic E-state index is 0.209. The van der Waals surface area contributed by atoms with Crippen LogP contribution in [0.1, 0.15) is 5.56 Å². The minimum atomic E-state index is 0.209. The number of aromatic hydroxyl groups is 1. The van der Waals surface area contributed by atoms with E-state index in [9.17, 15) is 5.11 Å². The van der Waals surface area contributed by atoms with E-state index in [4.69, 9.17) is 4.74 Å². The topological polar surface area (TPSA) is 58.1 Å². The highest BCUT2D eigenvalue weighted by Gasteiger charge is 2.04. The molecule has 3 aromatic rings. The van der Waals surface area contributed by atoms with E-state index >= 15 is 0 Å². The molecule has 18 heavy (non-hydrogen) atoms. The molecule has 4 nitrogen and oxygen atoms in total. The van der Waals surface area contributed by atoms with Crippen LogP contribution in [-0.4, -0.2) is 15.1 Å². The Bertz CT molecular complexity index is 662. The maximum atomic E-state index is 9.36. The maximum absolute atomic E-state index is 9.36. The standard InChI is InChI=1S/C14H12N2O2/c17-11-6-7-12-13(8-11)16-14(15-12)18-9-10-4-2-1-3-5-10/h1-8,17H,9H2,(H,15,16). The van der Waals surface area contributed by atoms with Crippen LogP contribution in [0.4, 0.5) is 0 Å². The van der Waals surface area contributed by atoms with Gasteiger partial charge in [-0.25, -0.2) is 0 Å². The molecule has 1 heterocycles. The van der Waals surface area contributed by atoms with E-state index in [0.717, 1.165) is 16.6 Å². The van der Waals surface area contributed by atoms with Crippen molar-refractivity contribution in [3.8, 4) is 11.8 Å². The van der Waals surface area contributed by atoms with Gasteiger partial charge in [0.15, 0.2) is 0 Å². The highest BCUT2D eigenvalue weighted by Crippen LogP contribution is 2.20. The molecule has 90 valence electrons. The summed E-state index contributed by atoms with van der Waals surface area (Å²) in [6.45, 7) is 0.465. The molecule has 0 unspecified atom stereocenters. The van der Waals surface area contributed by atoms with E-state index in [1.807, 2.05) is 30.3 Å². The molecule has 0 amide bonds. The van der Waals surface area contributed by atoms with Gasteiger partial charge in [0, 0.05) is 6.07 Å². The van der Waals surface area contributed by atoms with Crippen LogP contribution in [0, 0.1) is 0 Å². The van der Waals surface area contributed by atoms with Crippen LogP contribution < -0.4 is 4.74 Å². The van der Waals surface area contributed by atoms with Crippen molar-refractivity contribution in [2.45, 2.75) is 6.61 Å². The van der Waals surface area contributed by atoms with Crippen LogP contribution in [-0.2, 0) is 6.61 Å². The Morgan fingerprint density at radius 1 is 1.11 bits per heavy atom. The lowest BCUT2D eigenvalue weighted by Crippen LogP contribution is -1.95. The number of phenolic OH excluding ortho intramolecular Hbond substituents is 1. The lowest BCUT2D eigenvalue weighted by atomic mass is 10.2. The highest BCUT2D eigenvalue weighted by molar-refractivity contribution is 5.77. The lowest BCUT2D eigenvalue weighted by Gasteiger charge is -2.01. The second kappa shape index (κ2) is 4.41. The van der Waals surface area contributed by atoms with Gasteiger partial charge in [-0.1, -0.05) is 30.3 Å². The van der Waals surface area contributed by atoms with Gasteiger partial charge in [0.2, 0.25) is 0 Å². The molecule has 0 aliphatic heterocycles. The molecule has 1 aromatic heterocycles. The summed E-state index contributed by atoms with van der Waals surface area (Å²) in [6.07, 6.45) is 0. The van der Waals surface area contributed by atoms with Crippen molar-refractivity contribution < 1.29 is 9.84 Å². The van der Waals surface area contributed by atoms with Gasteiger partial charge in [-0.05, 0) is 17.7 Å². The molecule has 0 radical (unpaired) electrons. The Kier molecular flexibility index (Phi) is 2.61. The fraction of sp³-hybridized carbons (Fsp3) is 0.0714. The van der Waals surface area contributed by atoms with Crippen molar-refractivity contribution in [1.82, 2.24) is 9.97 Å². The van der Waals surface area contributed by atoms with Crippen LogP contribution >= 0.6 is 0 Å². The molecule has 0 spiro atoms. The molecule has 4 heteroatoms. The van der Waals surface area contributed by atoms with E-state index in [1.165, 1.54) is 0 Å². The smallest absolute Gasteiger partial charge is 0.294 e. The minimum Gasteiger partial charge on any atom is -0.508 e.